The molecule has 1 amide bonds. The fraction of sp³-hybridized carbons (Fsp3) is 0.385. The molecule has 0 atom stereocenters. The van der Waals surface area contributed by atoms with Gasteiger partial charge in [-0.3, -0.25) is 9.48 Å². The third-order valence-electron chi connectivity index (χ3n) is 3.07. The van der Waals surface area contributed by atoms with Gasteiger partial charge in [0, 0.05) is 24.5 Å². The molecule has 0 spiro atoms. The first-order valence-electron chi connectivity index (χ1n) is 5.89. The molecular weight excluding hydrogens is 246 g/mol. The van der Waals surface area contributed by atoms with Gasteiger partial charge >= 0.3 is 0 Å². The molecule has 0 aromatic carbocycles. The highest BCUT2D eigenvalue weighted by molar-refractivity contribution is 7.08. The molecule has 0 aliphatic carbocycles. The zero-order valence-corrected chi connectivity index (χ0v) is 11.7. The van der Waals surface area contributed by atoms with Gasteiger partial charge in [-0.05, 0) is 37.3 Å². The lowest BCUT2D eigenvalue weighted by molar-refractivity contribution is -0.116. The zero-order valence-electron chi connectivity index (χ0n) is 10.9. The van der Waals surface area contributed by atoms with Crippen molar-refractivity contribution in [1.82, 2.24) is 9.78 Å². The number of carbonyl (C=O) groups excluding carboxylic acids is 1. The molecule has 2 rings (SSSR count). The molecule has 2 aromatic heterocycles. The molecule has 0 saturated heterocycles. The average Bonchev–Trinajstić information content (AvgIpc) is 2.88. The molecule has 0 aliphatic heterocycles. The van der Waals surface area contributed by atoms with Gasteiger partial charge < -0.3 is 5.32 Å². The van der Waals surface area contributed by atoms with E-state index < -0.39 is 0 Å². The molecule has 0 bridgehead atoms. The van der Waals surface area contributed by atoms with Gasteiger partial charge in [-0.2, -0.15) is 16.4 Å². The predicted molar refractivity (Wildman–Crippen MR) is 74.0 cm³/mol. The van der Waals surface area contributed by atoms with Crippen LogP contribution < -0.4 is 5.32 Å². The Kier molecular flexibility index (Phi) is 3.81. The maximum absolute atomic E-state index is 11.8. The molecular formula is C13H17N3OS. The molecule has 18 heavy (non-hydrogen) atoms. The second kappa shape index (κ2) is 5.35. The van der Waals surface area contributed by atoms with E-state index in [1.165, 1.54) is 5.56 Å². The van der Waals surface area contributed by atoms with Crippen molar-refractivity contribution in [3.05, 3.63) is 33.8 Å². The summed E-state index contributed by atoms with van der Waals surface area (Å²) in [5.41, 5.74) is 4.21. The van der Waals surface area contributed by atoms with Crippen LogP contribution in [-0.4, -0.2) is 15.7 Å². The Morgan fingerprint density at radius 2 is 2.28 bits per heavy atom. The van der Waals surface area contributed by atoms with Crippen LogP contribution in [0.25, 0.3) is 0 Å². The van der Waals surface area contributed by atoms with Crippen molar-refractivity contribution in [3.63, 3.8) is 0 Å². The summed E-state index contributed by atoms with van der Waals surface area (Å²) in [7, 11) is 1.93. The summed E-state index contributed by atoms with van der Waals surface area (Å²) in [4.78, 5) is 11.8. The largest absolute Gasteiger partial charge is 0.325 e. The molecule has 1 N–H and O–H groups in total. The first-order valence-corrected chi connectivity index (χ1v) is 6.83. The van der Waals surface area contributed by atoms with E-state index >= 15 is 0 Å². The maximum atomic E-state index is 11.8. The Hall–Kier alpha value is -1.62. The molecule has 2 aromatic rings. The Morgan fingerprint density at radius 1 is 1.50 bits per heavy atom. The van der Waals surface area contributed by atoms with Gasteiger partial charge in [-0.1, -0.05) is 0 Å². The maximum Gasteiger partial charge on any atom is 0.224 e. The lowest BCUT2D eigenvalue weighted by atomic mass is 10.1. The van der Waals surface area contributed by atoms with Crippen LogP contribution >= 0.6 is 11.3 Å². The highest BCUT2D eigenvalue weighted by atomic mass is 32.1. The van der Waals surface area contributed by atoms with E-state index in [9.17, 15) is 4.79 Å². The first kappa shape index (κ1) is 12.8. The van der Waals surface area contributed by atoms with Gasteiger partial charge in [0.2, 0.25) is 5.91 Å². The fourth-order valence-electron chi connectivity index (χ4n) is 1.98. The molecule has 0 fully saturated rings. The zero-order chi connectivity index (χ0) is 13.1. The molecule has 4 nitrogen and oxygen atoms in total. The van der Waals surface area contributed by atoms with Crippen molar-refractivity contribution in [3.8, 4) is 0 Å². The Balaban J connectivity index is 1.93. The van der Waals surface area contributed by atoms with E-state index in [1.54, 1.807) is 11.3 Å². The normalized spacial score (nSPS) is 10.6. The second-order valence-corrected chi connectivity index (χ2v) is 5.11. The highest BCUT2D eigenvalue weighted by Gasteiger charge is 2.11. The summed E-state index contributed by atoms with van der Waals surface area (Å²) in [6, 6.07) is 1.91. The van der Waals surface area contributed by atoms with Gasteiger partial charge in [0.25, 0.3) is 0 Å². The van der Waals surface area contributed by atoms with Gasteiger partial charge in [0.15, 0.2) is 0 Å². The molecule has 0 saturated carbocycles. The number of thiophene rings is 1. The summed E-state index contributed by atoms with van der Waals surface area (Å²) in [6.07, 6.45) is 1.23. The van der Waals surface area contributed by atoms with Crippen LogP contribution in [-0.2, 0) is 18.3 Å². The standard InChI is InChI=1S/C13H17N3OS/c1-9-12(10(2)16(3)15-9)4-5-13(17)14-11-6-7-18-8-11/h6-8H,4-5H2,1-3H3,(H,14,17). The van der Waals surface area contributed by atoms with Crippen LogP contribution in [0.5, 0.6) is 0 Å². The molecule has 96 valence electrons. The van der Waals surface area contributed by atoms with Crippen molar-refractivity contribution < 1.29 is 4.79 Å². The van der Waals surface area contributed by atoms with Crippen molar-refractivity contribution in [1.29, 1.82) is 0 Å². The molecule has 0 aliphatic rings. The Morgan fingerprint density at radius 3 is 2.83 bits per heavy atom. The highest BCUT2D eigenvalue weighted by Crippen LogP contribution is 2.16. The van der Waals surface area contributed by atoms with E-state index in [4.69, 9.17) is 0 Å². The van der Waals surface area contributed by atoms with Crippen molar-refractivity contribution >= 4 is 22.9 Å². The van der Waals surface area contributed by atoms with Crippen LogP contribution in [0.15, 0.2) is 16.8 Å². The minimum Gasteiger partial charge on any atom is -0.325 e. The average molecular weight is 263 g/mol. The molecule has 0 unspecified atom stereocenters. The number of nitrogens with zero attached hydrogens (tertiary/aromatic N) is 2. The SMILES string of the molecule is Cc1nn(C)c(C)c1CCC(=O)Nc1ccsc1. The number of aryl methyl sites for hydroxylation is 2. The van der Waals surface area contributed by atoms with Gasteiger partial charge in [-0.25, -0.2) is 0 Å². The summed E-state index contributed by atoms with van der Waals surface area (Å²) >= 11 is 1.58. The van der Waals surface area contributed by atoms with Crippen LogP contribution in [0.1, 0.15) is 23.4 Å². The lowest BCUT2D eigenvalue weighted by Crippen LogP contribution is -2.12. The van der Waals surface area contributed by atoms with Gasteiger partial charge in [0.05, 0.1) is 11.4 Å². The van der Waals surface area contributed by atoms with Crippen LogP contribution in [0.4, 0.5) is 5.69 Å². The topological polar surface area (TPSA) is 46.9 Å². The quantitative estimate of drug-likeness (QED) is 0.922. The van der Waals surface area contributed by atoms with Crippen molar-refractivity contribution in [2.24, 2.45) is 7.05 Å². The number of hydrogen-bond donors (Lipinski definition) is 1. The first-order chi connectivity index (χ1) is 8.58. The second-order valence-electron chi connectivity index (χ2n) is 4.33. The monoisotopic (exact) mass is 263 g/mol. The summed E-state index contributed by atoms with van der Waals surface area (Å²) in [5, 5.41) is 11.1. The number of nitrogens with one attached hydrogen (secondary N) is 1. The molecule has 2 heterocycles. The van der Waals surface area contributed by atoms with E-state index in [1.807, 2.05) is 42.4 Å². The number of aromatic nitrogens is 2. The minimum absolute atomic E-state index is 0.0519. The number of anilines is 1. The number of carbonyl (C=O) groups is 1. The smallest absolute Gasteiger partial charge is 0.224 e. The third kappa shape index (κ3) is 2.79. The van der Waals surface area contributed by atoms with Crippen molar-refractivity contribution in [2.45, 2.75) is 26.7 Å². The van der Waals surface area contributed by atoms with E-state index in [0.717, 1.165) is 23.5 Å². The minimum atomic E-state index is 0.0519. The van der Waals surface area contributed by atoms with E-state index in [2.05, 4.69) is 10.4 Å². The summed E-state index contributed by atoms with van der Waals surface area (Å²) in [5.74, 6) is 0.0519. The fourth-order valence-corrected chi connectivity index (χ4v) is 2.56. The number of amides is 1. The van der Waals surface area contributed by atoms with Gasteiger partial charge in [0.1, 0.15) is 0 Å². The van der Waals surface area contributed by atoms with Crippen LogP contribution in [0, 0.1) is 13.8 Å². The lowest BCUT2D eigenvalue weighted by Gasteiger charge is -2.03. The number of hydrogen-bond acceptors (Lipinski definition) is 3. The Bertz CT molecular complexity index is 543. The molecule has 5 heteroatoms. The van der Waals surface area contributed by atoms with E-state index in [0.29, 0.717) is 6.42 Å². The third-order valence-corrected chi connectivity index (χ3v) is 3.75. The van der Waals surface area contributed by atoms with E-state index in [-0.39, 0.29) is 5.91 Å². The van der Waals surface area contributed by atoms with Crippen molar-refractivity contribution in [2.75, 3.05) is 5.32 Å². The predicted octanol–water partition coefficient (Wildman–Crippen LogP) is 2.67. The Labute approximate surface area is 111 Å². The van der Waals surface area contributed by atoms with Gasteiger partial charge in [-0.15, -0.1) is 0 Å². The molecule has 0 radical (unpaired) electrons. The number of rotatable bonds is 4. The van der Waals surface area contributed by atoms with Crippen LogP contribution in [0.2, 0.25) is 0 Å². The summed E-state index contributed by atoms with van der Waals surface area (Å²) < 4.78 is 1.86. The van der Waals surface area contributed by atoms with Crippen LogP contribution in [0.3, 0.4) is 0 Å². The summed E-state index contributed by atoms with van der Waals surface area (Å²) in [6.45, 7) is 4.02.